The van der Waals surface area contributed by atoms with E-state index in [4.69, 9.17) is 0 Å². The maximum absolute atomic E-state index is 11.7. The molecule has 4 aliphatic carbocycles. The molecule has 0 unspecified atom stereocenters. The van der Waals surface area contributed by atoms with Gasteiger partial charge in [-0.3, -0.25) is 4.79 Å². The number of hydrogen-bond donors (Lipinski definition) is 1. The molecule has 0 bridgehead atoms. The lowest BCUT2D eigenvalue weighted by molar-refractivity contribution is -0.116. The van der Waals surface area contributed by atoms with Crippen LogP contribution in [0.15, 0.2) is 11.6 Å². The third-order valence-corrected chi connectivity index (χ3v) is 7.72. The van der Waals surface area contributed by atoms with E-state index in [-0.39, 0.29) is 0 Å². The highest BCUT2D eigenvalue weighted by molar-refractivity contribution is 5.91. The van der Waals surface area contributed by atoms with Gasteiger partial charge in [-0.05, 0) is 86.0 Å². The molecular weight excluding hydrogens is 260 g/mol. The summed E-state index contributed by atoms with van der Waals surface area (Å²) in [4.78, 5) is 11.7. The number of aliphatic hydroxyl groups is 1. The molecule has 0 aliphatic heterocycles. The van der Waals surface area contributed by atoms with Crippen LogP contribution in [0.5, 0.6) is 0 Å². The molecule has 4 aliphatic rings. The van der Waals surface area contributed by atoms with Crippen LogP contribution in [0.1, 0.15) is 58.3 Å². The second kappa shape index (κ2) is 4.94. The largest absolute Gasteiger partial charge is 0.396 e. The lowest BCUT2D eigenvalue weighted by atomic mass is 9.51. The summed E-state index contributed by atoms with van der Waals surface area (Å²) >= 11 is 0. The summed E-state index contributed by atoms with van der Waals surface area (Å²) in [5.41, 5.74) is 1.87. The maximum Gasteiger partial charge on any atom is 0.155 e. The minimum absolute atomic E-state index is 0.363. The van der Waals surface area contributed by atoms with Gasteiger partial charge in [0.05, 0.1) is 0 Å². The molecule has 116 valence electrons. The Morgan fingerprint density at radius 3 is 2.81 bits per heavy atom. The van der Waals surface area contributed by atoms with Crippen LogP contribution >= 0.6 is 0 Å². The van der Waals surface area contributed by atoms with Crippen molar-refractivity contribution in [1.29, 1.82) is 0 Å². The first-order valence-electron chi connectivity index (χ1n) is 8.97. The van der Waals surface area contributed by atoms with Gasteiger partial charge in [0.2, 0.25) is 0 Å². The van der Waals surface area contributed by atoms with Crippen LogP contribution in [0.2, 0.25) is 0 Å². The van der Waals surface area contributed by atoms with Crippen LogP contribution in [0.3, 0.4) is 0 Å². The number of allylic oxidation sites excluding steroid dienone is 1. The molecule has 0 spiro atoms. The smallest absolute Gasteiger partial charge is 0.155 e. The van der Waals surface area contributed by atoms with E-state index in [1.807, 2.05) is 6.08 Å². The first kappa shape index (κ1) is 14.0. The summed E-state index contributed by atoms with van der Waals surface area (Å²) < 4.78 is 0. The molecular formula is C19H28O2. The summed E-state index contributed by atoms with van der Waals surface area (Å²) in [6.07, 6.45) is 11.5. The molecule has 4 rings (SSSR count). The van der Waals surface area contributed by atoms with Crippen molar-refractivity contribution in [1.82, 2.24) is 0 Å². The van der Waals surface area contributed by atoms with Crippen molar-refractivity contribution in [2.45, 2.75) is 58.3 Å². The van der Waals surface area contributed by atoms with Crippen molar-refractivity contribution in [3.8, 4) is 0 Å². The summed E-state index contributed by atoms with van der Waals surface area (Å²) in [7, 11) is 0. The average Bonchev–Trinajstić information content (AvgIpc) is 2.83. The molecule has 2 nitrogen and oxygen atoms in total. The number of rotatable bonds is 1. The van der Waals surface area contributed by atoms with E-state index >= 15 is 0 Å². The molecule has 0 aromatic heterocycles. The van der Waals surface area contributed by atoms with Gasteiger partial charge in [0.1, 0.15) is 0 Å². The van der Waals surface area contributed by atoms with Crippen LogP contribution in [0, 0.1) is 35.0 Å². The van der Waals surface area contributed by atoms with E-state index in [1.165, 1.54) is 37.7 Å². The Morgan fingerprint density at radius 1 is 1.14 bits per heavy atom. The summed E-state index contributed by atoms with van der Waals surface area (Å²) in [5.74, 6) is 4.12. The Hall–Kier alpha value is -0.630. The quantitative estimate of drug-likeness (QED) is 0.798. The number of hydrogen-bond acceptors (Lipinski definition) is 2. The summed E-state index contributed by atoms with van der Waals surface area (Å²) in [6, 6.07) is 0. The minimum Gasteiger partial charge on any atom is -0.396 e. The van der Waals surface area contributed by atoms with Gasteiger partial charge < -0.3 is 5.11 Å². The van der Waals surface area contributed by atoms with Gasteiger partial charge in [0.15, 0.2) is 5.78 Å². The SMILES string of the molecule is C[C@]12CC[C@H]3[C@@H](CCC4=CC(=O)CC[C@@H]43)[C@H]1CC[C@H]2CO. The average molecular weight is 288 g/mol. The van der Waals surface area contributed by atoms with Crippen LogP contribution < -0.4 is 0 Å². The molecule has 0 amide bonds. The lowest BCUT2D eigenvalue weighted by Crippen LogP contribution is -2.46. The molecule has 0 aromatic carbocycles. The fourth-order valence-electron chi connectivity index (χ4n) is 6.59. The fraction of sp³-hybridized carbons (Fsp3) is 0.842. The van der Waals surface area contributed by atoms with Gasteiger partial charge in [0, 0.05) is 13.0 Å². The second-order valence-electron chi connectivity index (χ2n) is 8.30. The van der Waals surface area contributed by atoms with E-state index < -0.39 is 0 Å². The van der Waals surface area contributed by atoms with Gasteiger partial charge in [-0.1, -0.05) is 12.5 Å². The maximum atomic E-state index is 11.7. The minimum atomic E-state index is 0.363. The third kappa shape index (κ3) is 1.98. The predicted octanol–water partition coefficient (Wildman–Crippen LogP) is 3.74. The molecule has 0 heterocycles. The first-order valence-corrected chi connectivity index (χ1v) is 8.97. The van der Waals surface area contributed by atoms with Crippen LogP contribution in [0.25, 0.3) is 0 Å². The van der Waals surface area contributed by atoms with Crippen molar-refractivity contribution in [3.05, 3.63) is 11.6 Å². The number of carbonyl (C=O) groups excluding carboxylic acids is 1. The molecule has 3 fully saturated rings. The number of aliphatic hydroxyl groups excluding tert-OH is 1. The van der Waals surface area contributed by atoms with E-state index in [0.29, 0.717) is 29.6 Å². The van der Waals surface area contributed by atoms with Crippen LogP contribution in [0.4, 0.5) is 0 Å². The second-order valence-corrected chi connectivity index (χ2v) is 8.30. The van der Waals surface area contributed by atoms with Crippen molar-refractivity contribution >= 4 is 5.78 Å². The number of ketones is 1. The molecule has 0 saturated heterocycles. The topological polar surface area (TPSA) is 37.3 Å². The number of carbonyl (C=O) groups is 1. The zero-order valence-electron chi connectivity index (χ0n) is 13.2. The van der Waals surface area contributed by atoms with E-state index in [1.54, 1.807) is 0 Å². The van der Waals surface area contributed by atoms with Gasteiger partial charge in [-0.25, -0.2) is 0 Å². The van der Waals surface area contributed by atoms with Crippen LogP contribution in [-0.2, 0) is 4.79 Å². The molecule has 1 N–H and O–H groups in total. The van der Waals surface area contributed by atoms with Gasteiger partial charge in [-0.15, -0.1) is 0 Å². The highest BCUT2D eigenvalue weighted by Crippen LogP contribution is 2.63. The molecule has 6 atom stereocenters. The zero-order chi connectivity index (χ0) is 14.6. The Kier molecular flexibility index (Phi) is 3.29. The van der Waals surface area contributed by atoms with E-state index in [2.05, 4.69) is 6.92 Å². The monoisotopic (exact) mass is 288 g/mol. The normalized spacial score (nSPS) is 49.1. The lowest BCUT2D eigenvalue weighted by Gasteiger charge is -2.54. The summed E-state index contributed by atoms with van der Waals surface area (Å²) in [5, 5.41) is 9.74. The predicted molar refractivity (Wildman–Crippen MR) is 82.7 cm³/mol. The third-order valence-electron chi connectivity index (χ3n) is 7.72. The fourth-order valence-corrected chi connectivity index (χ4v) is 6.59. The van der Waals surface area contributed by atoms with E-state index in [9.17, 15) is 9.90 Å². The first-order chi connectivity index (χ1) is 10.1. The zero-order valence-corrected chi connectivity index (χ0v) is 13.2. The molecule has 2 heteroatoms. The Morgan fingerprint density at radius 2 is 2.00 bits per heavy atom. The van der Waals surface area contributed by atoms with Crippen molar-refractivity contribution < 1.29 is 9.90 Å². The molecule has 0 aromatic rings. The van der Waals surface area contributed by atoms with Crippen molar-refractivity contribution in [2.24, 2.45) is 35.0 Å². The standard InChI is InChI=1S/C19H28O2/c1-19-9-8-16-15-6-4-14(21)10-12(15)2-5-17(16)18(19)7-3-13(19)11-20/h10,13,15-18,20H,2-9,11H2,1H3/t13-,15-,16+,17+,18+,19+/m0/s1. The van der Waals surface area contributed by atoms with Crippen LogP contribution in [-0.4, -0.2) is 17.5 Å². The highest BCUT2D eigenvalue weighted by atomic mass is 16.3. The Labute approximate surface area is 128 Å². The summed E-state index contributed by atoms with van der Waals surface area (Å²) in [6.45, 7) is 2.84. The van der Waals surface area contributed by atoms with Gasteiger partial charge in [-0.2, -0.15) is 0 Å². The highest BCUT2D eigenvalue weighted by Gasteiger charge is 2.55. The van der Waals surface area contributed by atoms with Gasteiger partial charge >= 0.3 is 0 Å². The van der Waals surface area contributed by atoms with Gasteiger partial charge in [0.25, 0.3) is 0 Å². The Bertz CT molecular complexity index is 480. The molecule has 21 heavy (non-hydrogen) atoms. The Balaban J connectivity index is 1.61. The molecule has 0 radical (unpaired) electrons. The van der Waals surface area contributed by atoms with E-state index in [0.717, 1.165) is 37.0 Å². The molecule has 3 saturated carbocycles. The number of fused-ring (bicyclic) bond motifs is 5. The van der Waals surface area contributed by atoms with Crippen molar-refractivity contribution in [2.75, 3.05) is 6.61 Å². The van der Waals surface area contributed by atoms with Crippen molar-refractivity contribution in [3.63, 3.8) is 0 Å².